The zero-order valence-electron chi connectivity index (χ0n) is 16.5. The molecule has 1 aromatic heterocycles. The van der Waals surface area contributed by atoms with Crippen molar-refractivity contribution >= 4 is 11.8 Å². The van der Waals surface area contributed by atoms with Gasteiger partial charge in [-0.15, -0.1) is 0 Å². The molecular formula is C21H31N3O3. The molecule has 2 saturated heterocycles. The van der Waals surface area contributed by atoms with Crippen LogP contribution in [0.1, 0.15) is 51.6 Å². The summed E-state index contributed by atoms with van der Waals surface area (Å²) in [5, 5.41) is 0. The van der Waals surface area contributed by atoms with E-state index in [2.05, 4.69) is 4.98 Å². The van der Waals surface area contributed by atoms with Gasteiger partial charge in [0, 0.05) is 38.9 Å². The van der Waals surface area contributed by atoms with Crippen molar-refractivity contribution in [2.45, 2.75) is 58.6 Å². The summed E-state index contributed by atoms with van der Waals surface area (Å²) < 4.78 is 5.59. The lowest BCUT2D eigenvalue weighted by molar-refractivity contribution is -0.148. The number of carbonyl (C=O) groups excluding carboxylic acids is 2. The Labute approximate surface area is 161 Å². The van der Waals surface area contributed by atoms with Crippen LogP contribution in [0.3, 0.4) is 0 Å². The summed E-state index contributed by atoms with van der Waals surface area (Å²) >= 11 is 0. The van der Waals surface area contributed by atoms with Gasteiger partial charge in [-0.3, -0.25) is 14.6 Å². The number of amides is 2. The second kappa shape index (κ2) is 8.83. The summed E-state index contributed by atoms with van der Waals surface area (Å²) in [7, 11) is 0. The molecule has 0 aromatic carbocycles. The van der Waals surface area contributed by atoms with E-state index >= 15 is 0 Å². The van der Waals surface area contributed by atoms with Crippen LogP contribution >= 0.6 is 0 Å². The van der Waals surface area contributed by atoms with Crippen molar-refractivity contribution in [1.82, 2.24) is 14.8 Å². The van der Waals surface area contributed by atoms with Crippen molar-refractivity contribution < 1.29 is 14.3 Å². The third kappa shape index (κ3) is 4.86. The van der Waals surface area contributed by atoms with E-state index in [4.69, 9.17) is 4.74 Å². The Balaban J connectivity index is 1.56. The topological polar surface area (TPSA) is 62.7 Å². The molecule has 3 heterocycles. The van der Waals surface area contributed by atoms with Crippen LogP contribution in [0, 0.1) is 5.41 Å². The first-order chi connectivity index (χ1) is 13.0. The van der Waals surface area contributed by atoms with E-state index in [9.17, 15) is 9.59 Å². The summed E-state index contributed by atoms with van der Waals surface area (Å²) in [5.74, 6) is 0.307. The molecule has 0 bridgehead atoms. The van der Waals surface area contributed by atoms with E-state index in [1.54, 1.807) is 6.20 Å². The average Bonchev–Trinajstić information content (AvgIpc) is 2.70. The number of aromatic nitrogens is 1. The van der Waals surface area contributed by atoms with Crippen LogP contribution in [0.4, 0.5) is 0 Å². The molecule has 0 unspecified atom stereocenters. The third-order valence-corrected chi connectivity index (χ3v) is 5.88. The van der Waals surface area contributed by atoms with Crippen LogP contribution in [0.15, 0.2) is 24.4 Å². The average molecular weight is 373 g/mol. The first-order valence-corrected chi connectivity index (χ1v) is 10.1. The molecular weight excluding hydrogens is 342 g/mol. The van der Waals surface area contributed by atoms with Gasteiger partial charge in [0.15, 0.2) is 0 Å². The molecule has 27 heavy (non-hydrogen) atoms. The fourth-order valence-corrected chi connectivity index (χ4v) is 4.17. The molecule has 1 spiro atoms. The Hall–Kier alpha value is -1.95. The lowest BCUT2D eigenvalue weighted by atomic mass is 9.72. The van der Waals surface area contributed by atoms with E-state index in [1.165, 1.54) is 0 Å². The van der Waals surface area contributed by atoms with Crippen LogP contribution in [0.5, 0.6) is 0 Å². The highest BCUT2D eigenvalue weighted by Crippen LogP contribution is 2.40. The second-order valence-electron chi connectivity index (χ2n) is 7.91. The Kier molecular flexibility index (Phi) is 6.47. The molecule has 1 aromatic rings. The standard InChI is InChI=1S/C21H31N3O3/c1-3-14-27-17(2)20(26)23-12-9-21(10-13-23)8-7-19(25)24(16-21)15-18-6-4-5-11-22-18/h4-6,11,17H,3,7-10,12-16H2,1-2H3/t17-/m1/s1. The minimum Gasteiger partial charge on any atom is -0.369 e. The highest BCUT2D eigenvalue weighted by Gasteiger charge is 2.42. The summed E-state index contributed by atoms with van der Waals surface area (Å²) in [6.07, 6.45) is 5.74. The Morgan fingerprint density at radius 3 is 2.74 bits per heavy atom. The fourth-order valence-electron chi connectivity index (χ4n) is 4.17. The van der Waals surface area contributed by atoms with Crippen LogP contribution in [-0.4, -0.2) is 58.9 Å². The van der Waals surface area contributed by atoms with Crippen LogP contribution in [-0.2, 0) is 20.9 Å². The van der Waals surface area contributed by atoms with Gasteiger partial charge in [0.1, 0.15) is 6.10 Å². The second-order valence-corrected chi connectivity index (χ2v) is 7.91. The molecule has 2 amide bonds. The number of hydrogen-bond donors (Lipinski definition) is 0. The molecule has 6 heteroatoms. The zero-order chi connectivity index (χ0) is 19.3. The highest BCUT2D eigenvalue weighted by atomic mass is 16.5. The van der Waals surface area contributed by atoms with Gasteiger partial charge >= 0.3 is 0 Å². The maximum atomic E-state index is 12.6. The third-order valence-electron chi connectivity index (χ3n) is 5.88. The molecule has 0 saturated carbocycles. The predicted molar refractivity (Wildman–Crippen MR) is 103 cm³/mol. The first kappa shape index (κ1) is 19.8. The minimum absolute atomic E-state index is 0.0931. The molecule has 2 aliphatic heterocycles. The molecule has 0 N–H and O–H groups in total. The van der Waals surface area contributed by atoms with Gasteiger partial charge in [0.05, 0.1) is 12.2 Å². The van der Waals surface area contributed by atoms with Gasteiger partial charge in [-0.05, 0) is 50.2 Å². The van der Waals surface area contributed by atoms with E-state index in [1.807, 2.05) is 41.8 Å². The van der Waals surface area contributed by atoms with Gasteiger partial charge in [-0.2, -0.15) is 0 Å². The van der Waals surface area contributed by atoms with Crippen LogP contribution in [0.25, 0.3) is 0 Å². The fraction of sp³-hybridized carbons (Fsp3) is 0.667. The molecule has 2 fully saturated rings. The van der Waals surface area contributed by atoms with Crippen molar-refractivity contribution in [3.63, 3.8) is 0 Å². The number of rotatable bonds is 6. The number of likely N-dealkylation sites (tertiary alicyclic amines) is 2. The lowest BCUT2D eigenvalue weighted by Crippen LogP contribution is -2.53. The quantitative estimate of drug-likeness (QED) is 0.769. The Morgan fingerprint density at radius 1 is 1.30 bits per heavy atom. The normalized spacial score (nSPS) is 20.7. The number of hydrogen-bond acceptors (Lipinski definition) is 4. The lowest BCUT2D eigenvalue weighted by Gasteiger charge is -2.47. The first-order valence-electron chi connectivity index (χ1n) is 10.1. The number of piperidine rings is 2. The Morgan fingerprint density at radius 2 is 2.07 bits per heavy atom. The molecule has 6 nitrogen and oxygen atoms in total. The predicted octanol–water partition coefficient (Wildman–Crippen LogP) is 2.63. The minimum atomic E-state index is -0.368. The largest absolute Gasteiger partial charge is 0.369 e. The number of carbonyl (C=O) groups is 2. The van der Waals surface area contributed by atoms with E-state index < -0.39 is 0 Å². The van der Waals surface area contributed by atoms with Crippen LogP contribution in [0.2, 0.25) is 0 Å². The number of ether oxygens (including phenoxy) is 1. The summed E-state index contributed by atoms with van der Waals surface area (Å²) in [6.45, 7) is 7.36. The van der Waals surface area contributed by atoms with Gasteiger partial charge < -0.3 is 14.5 Å². The van der Waals surface area contributed by atoms with Gasteiger partial charge in [-0.1, -0.05) is 13.0 Å². The maximum Gasteiger partial charge on any atom is 0.251 e. The monoisotopic (exact) mass is 373 g/mol. The zero-order valence-corrected chi connectivity index (χ0v) is 16.5. The van der Waals surface area contributed by atoms with Crippen molar-refractivity contribution in [1.29, 1.82) is 0 Å². The van der Waals surface area contributed by atoms with E-state index in [0.29, 0.717) is 19.6 Å². The summed E-state index contributed by atoms with van der Waals surface area (Å²) in [4.78, 5) is 33.2. The highest BCUT2D eigenvalue weighted by molar-refractivity contribution is 5.80. The molecule has 0 radical (unpaired) electrons. The molecule has 0 aliphatic carbocycles. The summed E-state index contributed by atoms with van der Waals surface area (Å²) in [5.41, 5.74) is 1.06. The van der Waals surface area contributed by atoms with E-state index in [0.717, 1.165) is 51.0 Å². The molecule has 2 aliphatic rings. The SMILES string of the molecule is CCCO[C@H](C)C(=O)N1CCC2(CCC(=O)N(Cc3ccccn3)C2)CC1. The molecule has 3 rings (SSSR count). The molecule has 148 valence electrons. The summed E-state index contributed by atoms with van der Waals surface area (Å²) in [6, 6.07) is 5.81. The van der Waals surface area contributed by atoms with E-state index in [-0.39, 0.29) is 23.3 Å². The van der Waals surface area contributed by atoms with Crippen molar-refractivity contribution in [3.8, 4) is 0 Å². The van der Waals surface area contributed by atoms with Crippen molar-refractivity contribution in [3.05, 3.63) is 30.1 Å². The van der Waals surface area contributed by atoms with Gasteiger partial charge in [0.2, 0.25) is 5.91 Å². The van der Waals surface area contributed by atoms with Crippen molar-refractivity contribution in [2.75, 3.05) is 26.2 Å². The van der Waals surface area contributed by atoms with Crippen LogP contribution < -0.4 is 0 Å². The van der Waals surface area contributed by atoms with Gasteiger partial charge in [0.25, 0.3) is 5.91 Å². The van der Waals surface area contributed by atoms with Gasteiger partial charge in [-0.25, -0.2) is 0 Å². The van der Waals surface area contributed by atoms with Crippen molar-refractivity contribution in [2.24, 2.45) is 5.41 Å². The Bertz CT molecular complexity index is 641. The maximum absolute atomic E-state index is 12.6. The number of pyridine rings is 1. The smallest absolute Gasteiger partial charge is 0.251 e. The number of nitrogens with zero attached hydrogens (tertiary/aromatic N) is 3. The molecule has 1 atom stereocenters.